The number of aromatic nitrogens is 2. The van der Waals surface area contributed by atoms with Gasteiger partial charge >= 0.3 is 6.03 Å². The first-order chi connectivity index (χ1) is 10.2. The van der Waals surface area contributed by atoms with Gasteiger partial charge in [-0.25, -0.2) is 13.7 Å². The van der Waals surface area contributed by atoms with Gasteiger partial charge in [-0.1, -0.05) is 0 Å². The van der Waals surface area contributed by atoms with E-state index in [0.29, 0.717) is 15.9 Å². The molecule has 0 radical (unpaired) electrons. The molecule has 2 amide bonds. The molecule has 0 saturated heterocycles. The van der Waals surface area contributed by atoms with E-state index in [-0.39, 0.29) is 11.6 Å². The molecule has 3 rings (SSSR count). The minimum atomic E-state index is -0.286. The summed E-state index contributed by atoms with van der Waals surface area (Å²) in [5.74, 6) is 0. The second-order valence-corrected chi connectivity index (χ2v) is 5.23. The largest absolute Gasteiger partial charge is 0.341 e. The summed E-state index contributed by atoms with van der Waals surface area (Å²) < 4.78 is 1.58. The molecule has 1 aromatic carbocycles. The van der Waals surface area contributed by atoms with Crippen LogP contribution >= 0.6 is 11.5 Å². The zero-order chi connectivity index (χ0) is 14.8. The zero-order valence-electron chi connectivity index (χ0n) is 11.2. The molecule has 0 aliphatic rings. The standard InChI is InChI=1S/C14H12N4O2S/c1-15-14(20)17-9-4-6-10(7-5-9)18-13(19)11-3-2-8-16-12(11)21-18/h2-8H,1H3,(H2,15,17,20). The third-order valence-electron chi connectivity index (χ3n) is 2.95. The van der Waals surface area contributed by atoms with Crippen molar-refractivity contribution < 1.29 is 4.79 Å². The summed E-state index contributed by atoms with van der Waals surface area (Å²) >= 11 is 1.29. The van der Waals surface area contributed by atoms with E-state index < -0.39 is 0 Å². The molecule has 106 valence electrons. The van der Waals surface area contributed by atoms with Crippen LogP contribution in [-0.2, 0) is 0 Å². The van der Waals surface area contributed by atoms with Gasteiger partial charge in [-0.3, -0.25) is 4.79 Å². The Morgan fingerprint density at radius 3 is 2.67 bits per heavy atom. The van der Waals surface area contributed by atoms with Crippen LogP contribution in [-0.4, -0.2) is 22.0 Å². The molecule has 7 heteroatoms. The predicted molar refractivity (Wildman–Crippen MR) is 83.3 cm³/mol. The van der Waals surface area contributed by atoms with Gasteiger partial charge in [-0.2, -0.15) is 0 Å². The highest BCUT2D eigenvalue weighted by Gasteiger charge is 2.09. The number of carbonyl (C=O) groups is 1. The molecule has 0 atom stereocenters. The maximum absolute atomic E-state index is 12.3. The number of urea groups is 1. The molecule has 0 aliphatic carbocycles. The Morgan fingerprint density at radius 1 is 1.24 bits per heavy atom. The van der Waals surface area contributed by atoms with Gasteiger partial charge < -0.3 is 10.6 Å². The highest BCUT2D eigenvalue weighted by Crippen LogP contribution is 2.19. The molecule has 2 N–H and O–H groups in total. The number of anilines is 1. The van der Waals surface area contributed by atoms with Crippen molar-refractivity contribution in [3.8, 4) is 5.69 Å². The molecule has 2 aromatic heterocycles. The smallest absolute Gasteiger partial charge is 0.318 e. The van der Waals surface area contributed by atoms with Crippen molar-refractivity contribution in [3.05, 3.63) is 52.9 Å². The van der Waals surface area contributed by atoms with E-state index in [1.807, 2.05) is 0 Å². The molecular weight excluding hydrogens is 288 g/mol. The fraction of sp³-hybridized carbons (Fsp3) is 0.0714. The zero-order valence-corrected chi connectivity index (χ0v) is 12.0. The Balaban J connectivity index is 1.97. The Kier molecular flexibility index (Phi) is 3.41. The SMILES string of the molecule is CNC(=O)Nc1ccc(-n2sc3ncccc3c2=O)cc1. The Labute approximate surface area is 124 Å². The number of nitrogens with one attached hydrogen (secondary N) is 2. The highest BCUT2D eigenvalue weighted by molar-refractivity contribution is 7.13. The van der Waals surface area contributed by atoms with E-state index in [1.54, 1.807) is 53.6 Å². The van der Waals surface area contributed by atoms with Crippen LogP contribution in [0, 0.1) is 0 Å². The number of hydrogen-bond acceptors (Lipinski definition) is 4. The molecule has 0 fully saturated rings. The highest BCUT2D eigenvalue weighted by atomic mass is 32.1. The summed E-state index contributed by atoms with van der Waals surface area (Å²) in [6.07, 6.45) is 1.67. The average Bonchev–Trinajstić information content (AvgIpc) is 2.85. The normalized spacial score (nSPS) is 10.5. The number of hydrogen-bond donors (Lipinski definition) is 2. The minimum Gasteiger partial charge on any atom is -0.341 e. The topological polar surface area (TPSA) is 76.0 Å². The molecular formula is C14H12N4O2S. The summed E-state index contributed by atoms with van der Waals surface area (Å²) in [4.78, 5) is 28.4. The third-order valence-corrected chi connectivity index (χ3v) is 4.01. The van der Waals surface area contributed by atoms with Crippen molar-refractivity contribution in [2.75, 3.05) is 12.4 Å². The third kappa shape index (κ3) is 2.50. The van der Waals surface area contributed by atoms with Crippen LogP contribution < -0.4 is 16.2 Å². The molecule has 0 bridgehead atoms. The molecule has 0 saturated carbocycles. The van der Waals surface area contributed by atoms with E-state index in [9.17, 15) is 9.59 Å². The van der Waals surface area contributed by atoms with E-state index in [2.05, 4.69) is 15.6 Å². The van der Waals surface area contributed by atoms with Crippen LogP contribution in [0.25, 0.3) is 15.9 Å². The summed E-state index contributed by atoms with van der Waals surface area (Å²) in [6, 6.07) is 10.3. The van der Waals surface area contributed by atoms with Gasteiger partial charge in [-0.15, -0.1) is 0 Å². The van der Waals surface area contributed by atoms with Gasteiger partial charge in [0.1, 0.15) is 4.83 Å². The summed E-state index contributed by atoms with van der Waals surface area (Å²) in [5, 5.41) is 5.75. The molecule has 21 heavy (non-hydrogen) atoms. The Hall–Kier alpha value is -2.67. The van der Waals surface area contributed by atoms with Crippen LogP contribution in [0.15, 0.2) is 47.4 Å². The van der Waals surface area contributed by atoms with Crippen molar-refractivity contribution >= 4 is 33.5 Å². The van der Waals surface area contributed by atoms with Gasteiger partial charge in [-0.05, 0) is 47.9 Å². The van der Waals surface area contributed by atoms with Crippen LogP contribution in [0.5, 0.6) is 0 Å². The van der Waals surface area contributed by atoms with Crippen LogP contribution in [0.1, 0.15) is 0 Å². The van der Waals surface area contributed by atoms with Crippen molar-refractivity contribution in [2.24, 2.45) is 0 Å². The van der Waals surface area contributed by atoms with Crippen LogP contribution in [0.2, 0.25) is 0 Å². The number of benzene rings is 1. The average molecular weight is 300 g/mol. The Morgan fingerprint density at radius 2 is 2.00 bits per heavy atom. The quantitative estimate of drug-likeness (QED) is 0.761. The molecule has 0 spiro atoms. The molecule has 0 aliphatic heterocycles. The second kappa shape index (κ2) is 5.37. The van der Waals surface area contributed by atoms with Crippen molar-refractivity contribution in [2.45, 2.75) is 0 Å². The number of pyridine rings is 1. The number of carbonyl (C=O) groups excluding carboxylic acids is 1. The molecule has 3 aromatic rings. The van der Waals surface area contributed by atoms with Gasteiger partial charge in [0.2, 0.25) is 0 Å². The number of rotatable bonds is 2. The van der Waals surface area contributed by atoms with Crippen molar-refractivity contribution in [1.29, 1.82) is 0 Å². The maximum Gasteiger partial charge on any atom is 0.318 e. The summed E-state index contributed by atoms with van der Waals surface area (Å²) in [6.45, 7) is 0. The number of amides is 2. The maximum atomic E-state index is 12.3. The molecule has 0 unspecified atom stereocenters. The lowest BCUT2D eigenvalue weighted by atomic mass is 10.3. The predicted octanol–water partition coefficient (Wildman–Crippen LogP) is 2.20. The lowest BCUT2D eigenvalue weighted by Gasteiger charge is -2.05. The van der Waals surface area contributed by atoms with Gasteiger partial charge in [0.05, 0.1) is 11.1 Å². The minimum absolute atomic E-state index is 0.0879. The lowest BCUT2D eigenvalue weighted by Crippen LogP contribution is -2.24. The first-order valence-corrected chi connectivity index (χ1v) is 7.02. The fourth-order valence-corrected chi connectivity index (χ4v) is 2.85. The van der Waals surface area contributed by atoms with Gasteiger partial charge in [0, 0.05) is 18.9 Å². The van der Waals surface area contributed by atoms with E-state index in [0.717, 1.165) is 5.69 Å². The van der Waals surface area contributed by atoms with Gasteiger partial charge in [0.25, 0.3) is 5.56 Å². The number of fused-ring (bicyclic) bond motifs is 1. The number of nitrogens with zero attached hydrogens (tertiary/aromatic N) is 2. The molecule has 2 heterocycles. The first kappa shape index (κ1) is 13.3. The molecule has 6 nitrogen and oxygen atoms in total. The second-order valence-electron chi connectivity index (χ2n) is 4.30. The monoisotopic (exact) mass is 300 g/mol. The van der Waals surface area contributed by atoms with E-state index in [1.165, 1.54) is 11.5 Å². The van der Waals surface area contributed by atoms with Gasteiger partial charge in [0.15, 0.2) is 0 Å². The van der Waals surface area contributed by atoms with Crippen molar-refractivity contribution in [1.82, 2.24) is 14.3 Å². The Bertz CT molecular complexity index is 851. The van der Waals surface area contributed by atoms with Crippen LogP contribution in [0.4, 0.5) is 10.5 Å². The van der Waals surface area contributed by atoms with Crippen LogP contribution in [0.3, 0.4) is 0 Å². The van der Waals surface area contributed by atoms with Crippen molar-refractivity contribution in [3.63, 3.8) is 0 Å². The lowest BCUT2D eigenvalue weighted by molar-refractivity contribution is 0.254. The summed E-state index contributed by atoms with van der Waals surface area (Å²) in [5.41, 5.74) is 1.31. The van der Waals surface area contributed by atoms with E-state index >= 15 is 0 Å². The first-order valence-electron chi connectivity index (χ1n) is 6.25. The summed E-state index contributed by atoms with van der Waals surface area (Å²) in [7, 11) is 1.55. The van der Waals surface area contributed by atoms with E-state index in [4.69, 9.17) is 0 Å². The fourth-order valence-electron chi connectivity index (χ4n) is 1.91.